The number of likely N-dealkylation sites (tertiary alicyclic amines) is 1. The maximum atomic E-state index is 12.8. The Hall–Kier alpha value is -1.80. The minimum absolute atomic E-state index is 0.0629. The van der Waals surface area contributed by atoms with Gasteiger partial charge in [-0.15, -0.1) is 0 Å². The first kappa shape index (κ1) is 15.7. The summed E-state index contributed by atoms with van der Waals surface area (Å²) in [4.78, 5) is 21.3. The van der Waals surface area contributed by atoms with Crippen LogP contribution >= 0.6 is 11.8 Å². The van der Waals surface area contributed by atoms with Crippen LogP contribution in [0.25, 0.3) is 11.6 Å². The summed E-state index contributed by atoms with van der Waals surface area (Å²) >= 11 is 1.91. The van der Waals surface area contributed by atoms with Crippen molar-refractivity contribution >= 4 is 17.7 Å². The van der Waals surface area contributed by atoms with E-state index in [0.717, 1.165) is 44.0 Å². The first-order valence-electron chi connectivity index (χ1n) is 8.28. The van der Waals surface area contributed by atoms with E-state index in [2.05, 4.69) is 15.0 Å². The Morgan fingerprint density at radius 2 is 2.21 bits per heavy atom. The highest BCUT2D eigenvalue weighted by Gasteiger charge is 2.35. The van der Waals surface area contributed by atoms with Crippen LogP contribution in [0, 0.1) is 0 Å². The molecule has 0 radical (unpaired) electrons. The molecule has 0 bridgehead atoms. The van der Waals surface area contributed by atoms with Crippen molar-refractivity contribution in [1.82, 2.24) is 19.9 Å². The fourth-order valence-electron chi connectivity index (χ4n) is 3.29. The number of rotatable bonds is 4. The van der Waals surface area contributed by atoms with Crippen LogP contribution in [0.5, 0.6) is 0 Å². The van der Waals surface area contributed by atoms with Crippen LogP contribution < -0.4 is 0 Å². The second-order valence-corrected chi connectivity index (χ2v) is 7.28. The summed E-state index contributed by atoms with van der Waals surface area (Å²) in [6, 6.07) is 3.52. The Balaban J connectivity index is 1.42. The Morgan fingerprint density at radius 1 is 1.33 bits per heavy atom. The smallest absolute Gasteiger partial charge is 0.241 e. The molecule has 2 saturated heterocycles. The monoisotopic (exact) mass is 348 g/mol. The maximum Gasteiger partial charge on any atom is 0.241 e. The van der Waals surface area contributed by atoms with Crippen molar-refractivity contribution < 1.29 is 13.7 Å². The molecule has 7 nitrogen and oxygen atoms in total. The molecule has 8 heteroatoms. The maximum absolute atomic E-state index is 12.8. The second kappa shape index (κ2) is 6.98. The third-order valence-corrected chi connectivity index (χ3v) is 5.46. The van der Waals surface area contributed by atoms with Gasteiger partial charge in [0.2, 0.25) is 17.6 Å². The average molecular weight is 348 g/mol. The van der Waals surface area contributed by atoms with Crippen LogP contribution in [0.2, 0.25) is 0 Å². The molecule has 0 unspecified atom stereocenters. The topological polar surface area (TPSA) is 75.6 Å². The SMILES string of the molecule is O=C([C@@H]1CCCN1Cc1nc(-c2ccco2)no1)N1CCSCC1. The molecule has 2 aliphatic heterocycles. The van der Waals surface area contributed by atoms with E-state index in [9.17, 15) is 4.79 Å². The fraction of sp³-hybridized carbons (Fsp3) is 0.562. The number of hydrogen-bond acceptors (Lipinski definition) is 7. The molecule has 0 N–H and O–H groups in total. The third-order valence-electron chi connectivity index (χ3n) is 4.52. The number of hydrogen-bond donors (Lipinski definition) is 0. The molecule has 24 heavy (non-hydrogen) atoms. The summed E-state index contributed by atoms with van der Waals surface area (Å²) in [6.45, 7) is 3.11. The Kier molecular flexibility index (Phi) is 4.57. The van der Waals surface area contributed by atoms with Gasteiger partial charge < -0.3 is 13.8 Å². The lowest BCUT2D eigenvalue weighted by Gasteiger charge is -2.31. The summed E-state index contributed by atoms with van der Waals surface area (Å²) < 4.78 is 10.6. The zero-order chi connectivity index (χ0) is 16.4. The van der Waals surface area contributed by atoms with Gasteiger partial charge in [0.15, 0.2) is 5.76 Å². The van der Waals surface area contributed by atoms with Crippen molar-refractivity contribution in [2.24, 2.45) is 0 Å². The molecule has 0 aromatic carbocycles. The van der Waals surface area contributed by atoms with E-state index in [-0.39, 0.29) is 11.9 Å². The fourth-order valence-corrected chi connectivity index (χ4v) is 4.19. The van der Waals surface area contributed by atoms with Crippen molar-refractivity contribution in [3.05, 3.63) is 24.3 Å². The minimum atomic E-state index is -0.0629. The first-order valence-corrected chi connectivity index (χ1v) is 9.44. The number of furan rings is 1. The van der Waals surface area contributed by atoms with Gasteiger partial charge in [-0.2, -0.15) is 16.7 Å². The van der Waals surface area contributed by atoms with E-state index in [1.54, 1.807) is 18.4 Å². The molecule has 2 fully saturated rings. The summed E-state index contributed by atoms with van der Waals surface area (Å²) in [5.41, 5.74) is 0. The van der Waals surface area contributed by atoms with E-state index < -0.39 is 0 Å². The van der Waals surface area contributed by atoms with Gasteiger partial charge in [0, 0.05) is 24.6 Å². The molecule has 0 spiro atoms. The molecular formula is C16H20N4O3S. The lowest BCUT2D eigenvalue weighted by atomic mass is 10.2. The zero-order valence-corrected chi connectivity index (χ0v) is 14.2. The number of carbonyl (C=O) groups excluding carboxylic acids is 1. The lowest BCUT2D eigenvalue weighted by molar-refractivity contribution is -0.135. The third kappa shape index (κ3) is 3.21. The Morgan fingerprint density at radius 3 is 3.00 bits per heavy atom. The Labute approximate surface area is 144 Å². The van der Waals surface area contributed by atoms with Crippen LogP contribution in [0.4, 0.5) is 0 Å². The molecule has 4 rings (SSSR count). The van der Waals surface area contributed by atoms with Gasteiger partial charge in [0.05, 0.1) is 18.8 Å². The van der Waals surface area contributed by atoms with Gasteiger partial charge in [-0.25, -0.2) is 0 Å². The van der Waals surface area contributed by atoms with Crippen LogP contribution in [0.3, 0.4) is 0 Å². The number of aromatic nitrogens is 2. The van der Waals surface area contributed by atoms with Gasteiger partial charge in [0.1, 0.15) is 0 Å². The van der Waals surface area contributed by atoms with E-state index in [4.69, 9.17) is 8.94 Å². The molecule has 2 aromatic rings. The average Bonchev–Trinajstić information content (AvgIpc) is 3.37. The van der Waals surface area contributed by atoms with E-state index in [1.807, 2.05) is 16.7 Å². The quantitative estimate of drug-likeness (QED) is 0.835. The summed E-state index contributed by atoms with van der Waals surface area (Å²) in [6.07, 6.45) is 3.51. The molecule has 4 heterocycles. The van der Waals surface area contributed by atoms with Crippen molar-refractivity contribution in [3.8, 4) is 11.6 Å². The zero-order valence-electron chi connectivity index (χ0n) is 13.4. The molecular weight excluding hydrogens is 328 g/mol. The van der Waals surface area contributed by atoms with Gasteiger partial charge in [0.25, 0.3) is 0 Å². The van der Waals surface area contributed by atoms with Crippen molar-refractivity contribution in [3.63, 3.8) is 0 Å². The summed E-state index contributed by atoms with van der Waals surface area (Å²) in [5, 5.41) is 3.96. The van der Waals surface area contributed by atoms with E-state index >= 15 is 0 Å². The van der Waals surface area contributed by atoms with Crippen LogP contribution in [0.15, 0.2) is 27.3 Å². The summed E-state index contributed by atoms with van der Waals surface area (Å²) in [7, 11) is 0. The highest BCUT2D eigenvalue weighted by Crippen LogP contribution is 2.24. The molecule has 2 aromatic heterocycles. The largest absolute Gasteiger partial charge is 0.461 e. The van der Waals surface area contributed by atoms with Gasteiger partial charge in [-0.3, -0.25) is 9.69 Å². The number of amides is 1. The Bertz CT molecular complexity index is 681. The standard InChI is InChI=1S/C16H20N4O3S/c21-16(19-6-9-24-10-7-19)12-3-1-5-20(12)11-14-17-15(18-23-14)13-4-2-8-22-13/h2,4,8,12H,1,3,5-7,9-11H2/t12-/m0/s1. The molecule has 0 aliphatic carbocycles. The van der Waals surface area contributed by atoms with Crippen molar-refractivity contribution in [2.45, 2.75) is 25.4 Å². The molecule has 1 amide bonds. The minimum Gasteiger partial charge on any atom is -0.461 e. The number of carbonyl (C=O) groups is 1. The van der Waals surface area contributed by atoms with E-state index in [0.29, 0.717) is 24.0 Å². The van der Waals surface area contributed by atoms with Crippen LogP contribution in [0.1, 0.15) is 18.7 Å². The van der Waals surface area contributed by atoms with Gasteiger partial charge in [-0.1, -0.05) is 5.16 Å². The molecule has 0 saturated carbocycles. The van der Waals surface area contributed by atoms with Crippen molar-refractivity contribution in [1.29, 1.82) is 0 Å². The van der Waals surface area contributed by atoms with E-state index in [1.165, 1.54) is 0 Å². The lowest BCUT2D eigenvalue weighted by Crippen LogP contribution is -2.48. The summed E-state index contributed by atoms with van der Waals surface area (Å²) in [5.74, 6) is 3.88. The van der Waals surface area contributed by atoms with Crippen LogP contribution in [-0.2, 0) is 11.3 Å². The normalized spacial score (nSPS) is 22.2. The number of nitrogens with zero attached hydrogens (tertiary/aromatic N) is 4. The predicted octanol–water partition coefficient (Wildman–Crippen LogP) is 1.87. The molecule has 1 atom stereocenters. The van der Waals surface area contributed by atoms with Crippen LogP contribution in [-0.4, -0.2) is 63.0 Å². The number of thioether (sulfide) groups is 1. The first-order chi connectivity index (χ1) is 11.8. The molecule has 2 aliphatic rings. The second-order valence-electron chi connectivity index (χ2n) is 6.06. The van der Waals surface area contributed by atoms with Gasteiger partial charge >= 0.3 is 0 Å². The highest BCUT2D eigenvalue weighted by atomic mass is 32.2. The van der Waals surface area contributed by atoms with Crippen molar-refractivity contribution in [2.75, 3.05) is 31.1 Å². The molecule has 128 valence electrons. The predicted molar refractivity (Wildman–Crippen MR) is 89.3 cm³/mol. The highest BCUT2D eigenvalue weighted by molar-refractivity contribution is 7.99. The van der Waals surface area contributed by atoms with Gasteiger partial charge in [-0.05, 0) is 31.5 Å².